The number of benzene rings is 1. The van der Waals surface area contributed by atoms with Gasteiger partial charge in [0.15, 0.2) is 0 Å². The fourth-order valence-corrected chi connectivity index (χ4v) is 3.06. The zero-order valence-electron chi connectivity index (χ0n) is 15.3. The Morgan fingerprint density at radius 2 is 2.00 bits per heavy atom. The van der Waals surface area contributed by atoms with E-state index in [1.165, 1.54) is 18.4 Å². The SMILES string of the molecule is COCCOC(=O)Nc1cccc(NC(=O)c2csc(-c3cnn(C)c3)n2)c1. The summed E-state index contributed by atoms with van der Waals surface area (Å²) < 4.78 is 11.4. The molecule has 0 spiro atoms. The number of anilines is 2. The number of carbonyl (C=O) groups excluding carboxylic acids is 2. The maximum absolute atomic E-state index is 12.5. The Labute approximate surface area is 165 Å². The van der Waals surface area contributed by atoms with Crippen molar-refractivity contribution < 1.29 is 19.1 Å². The van der Waals surface area contributed by atoms with Crippen molar-refractivity contribution in [1.82, 2.24) is 14.8 Å². The molecule has 0 fully saturated rings. The number of aryl methyl sites for hydroxylation is 1. The van der Waals surface area contributed by atoms with Gasteiger partial charge < -0.3 is 14.8 Å². The van der Waals surface area contributed by atoms with Crippen LogP contribution >= 0.6 is 11.3 Å². The molecule has 0 aliphatic carbocycles. The van der Waals surface area contributed by atoms with Crippen LogP contribution in [0.2, 0.25) is 0 Å². The van der Waals surface area contributed by atoms with Crippen LogP contribution in [0.1, 0.15) is 10.5 Å². The third-order valence-electron chi connectivity index (χ3n) is 3.58. The van der Waals surface area contributed by atoms with E-state index >= 15 is 0 Å². The van der Waals surface area contributed by atoms with Gasteiger partial charge >= 0.3 is 6.09 Å². The number of hydrogen-bond donors (Lipinski definition) is 2. The Morgan fingerprint density at radius 3 is 2.71 bits per heavy atom. The van der Waals surface area contributed by atoms with E-state index in [1.54, 1.807) is 40.5 Å². The first-order chi connectivity index (χ1) is 13.5. The number of rotatable bonds is 7. The van der Waals surface area contributed by atoms with Crippen molar-refractivity contribution >= 4 is 34.7 Å². The second kappa shape index (κ2) is 9.11. The van der Waals surface area contributed by atoms with E-state index in [1.807, 2.05) is 13.2 Å². The molecule has 3 rings (SSSR count). The summed E-state index contributed by atoms with van der Waals surface area (Å²) in [7, 11) is 3.34. The minimum absolute atomic E-state index is 0.155. The minimum Gasteiger partial charge on any atom is -0.447 e. The first-order valence-electron chi connectivity index (χ1n) is 8.34. The van der Waals surface area contributed by atoms with Crippen LogP contribution in [0.3, 0.4) is 0 Å². The van der Waals surface area contributed by atoms with Gasteiger partial charge in [-0.05, 0) is 18.2 Å². The highest BCUT2D eigenvalue weighted by atomic mass is 32.1. The van der Waals surface area contributed by atoms with E-state index < -0.39 is 6.09 Å². The molecular formula is C18H19N5O4S. The normalized spacial score (nSPS) is 10.5. The molecule has 28 heavy (non-hydrogen) atoms. The molecule has 0 atom stereocenters. The highest BCUT2D eigenvalue weighted by molar-refractivity contribution is 7.13. The van der Waals surface area contributed by atoms with Gasteiger partial charge in [-0.2, -0.15) is 5.10 Å². The topological polar surface area (TPSA) is 107 Å². The van der Waals surface area contributed by atoms with Crippen LogP contribution in [0.5, 0.6) is 0 Å². The number of hydrogen-bond acceptors (Lipinski definition) is 7. The third kappa shape index (κ3) is 5.15. The van der Waals surface area contributed by atoms with E-state index in [0.29, 0.717) is 28.7 Å². The zero-order chi connectivity index (χ0) is 19.9. The lowest BCUT2D eigenvalue weighted by Crippen LogP contribution is -2.17. The molecule has 0 aliphatic heterocycles. The molecule has 0 saturated heterocycles. The Bertz CT molecular complexity index is 968. The van der Waals surface area contributed by atoms with Crippen LogP contribution in [0, 0.1) is 0 Å². The third-order valence-corrected chi connectivity index (χ3v) is 4.47. The maximum atomic E-state index is 12.5. The smallest absolute Gasteiger partial charge is 0.411 e. The number of amides is 2. The molecule has 2 N–H and O–H groups in total. The van der Waals surface area contributed by atoms with Gasteiger partial charge in [-0.25, -0.2) is 9.78 Å². The van der Waals surface area contributed by atoms with Crippen LogP contribution in [0.4, 0.5) is 16.2 Å². The molecule has 2 aromatic heterocycles. The van der Waals surface area contributed by atoms with Crippen molar-refractivity contribution in [2.75, 3.05) is 31.0 Å². The summed E-state index contributed by atoms with van der Waals surface area (Å²) in [6.45, 7) is 0.472. The lowest BCUT2D eigenvalue weighted by Gasteiger charge is -2.08. The summed E-state index contributed by atoms with van der Waals surface area (Å²) in [5, 5.41) is 11.9. The highest BCUT2D eigenvalue weighted by Gasteiger charge is 2.13. The van der Waals surface area contributed by atoms with E-state index in [-0.39, 0.29) is 12.5 Å². The number of carbonyl (C=O) groups is 2. The number of nitrogens with one attached hydrogen (secondary N) is 2. The van der Waals surface area contributed by atoms with Gasteiger partial charge in [-0.15, -0.1) is 11.3 Å². The summed E-state index contributed by atoms with van der Waals surface area (Å²) in [4.78, 5) is 28.5. The van der Waals surface area contributed by atoms with Gasteiger partial charge in [-0.3, -0.25) is 14.8 Å². The van der Waals surface area contributed by atoms with E-state index in [0.717, 1.165) is 5.56 Å². The first-order valence-corrected chi connectivity index (χ1v) is 9.22. The van der Waals surface area contributed by atoms with Crippen molar-refractivity contribution in [3.8, 4) is 10.6 Å². The molecule has 2 heterocycles. The Hall–Kier alpha value is -3.24. The number of ether oxygens (including phenoxy) is 2. The largest absolute Gasteiger partial charge is 0.447 e. The van der Waals surface area contributed by atoms with Gasteiger partial charge in [0.1, 0.15) is 17.3 Å². The average molecular weight is 401 g/mol. The maximum Gasteiger partial charge on any atom is 0.411 e. The quantitative estimate of drug-likeness (QED) is 0.590. The van der Waals surface area contributed by atoms with Gasteiger partial charge in [0.05, 0.1) is 12.8 Å². The van der Waals surface area contributed by atoms with Gasteiger partial charge in [0, 0.05) is 42.7 Å². The number of thiazole rings is 1. The number of methoxy groups -OCH3 is 1. The standard InChI is InChI=1S/C18H19N5O4S/c1-23-10-12(9-19-23)17-22-15(11-28-17)16(24)20-13-4-3-5-14(8-13)21-18(25)27-7-6-26-2/h3-5,8-11H,6-7H2,1-2H3,(H,20,24)(H,21,25). The van der Waals surface area contributed by atoms with E-state index in [4.69, 9.17) is 9.47 Å². The van der Waals surface area contributed by atoms with Crippen molar-refractivity contribution in [3.05, 3.63) is 47.7 Å². The van der Waals surface area contributed by atoms with Crippen LogP contribution in [-0.4, -0.2) is 47.1 Å². The molecule has 0 aliphatic rings. The Balaban J connectivity index is 1.61. The molecule has 9 nitrogen and oxygen atoms in total. The van der Waals surface area contributed by atoms with Crippen molar-refractivity contribution in [2.24, 2.45) is 7.05 Å². The van der Waals surface area contributed by atoms with Crippen LogP contribution < -0.4 is 10.6 Å². The van der Waals surface area contributed by atoms with Gasteiger partial charge in [0.25, 0.3) is 5.91 Å². The van der Waals surface area contributed by atoms with E-state index in [2.05, 4.69) is 20.7 Å². The van der Waals surface area contributed by atoms with Gasteiger partial charge in [-0.1, -0.05) is 6.07 Å². The lowest BCUT2D eigenvalue weighted by molar-refractivity contribution is 0.102. The molecule has 146 valence electrons. The molecular weight excluding hydrogens is 382 g/mol. The van der Waals surface area contributed by atoms with E-state index in [9.17, 15) is 9.59 Å². The summed E-state index contributed by atoms with van der Waals surface area (Å²) in [6, 6.07) is 6.75. The first kappa shape index (κ1) is 19.5. The monoisotopic (exact) mass is 401 g/mol. The predicted molar refractivity (Wildman–Crippen MR) is 106 cm³/mol. The minimum atomic E-state index is -0.596. The zero-order valence-corrected chi connectivity index (χ0v) is 16.2. The molecule has 0 unspecified atom stereocenters. The van der Waals surface area contributed by atoms with Crippen molar-refractivity contribution in [2.45, 2.75) is 0 Å². The summed E-state index contributed by atoms with van der Waals surface area (Å²) in [5.74, 6) is -0.341. The van der Waals surface area contributed by atoms with Gasteiger partial charge in [0.2, 0.25) is 0 Å². The molecule has 10 heteroatoms. The Kier molecular flexibility index (Phi) is 6.35. The fraction of sp³-hybridized carbons (Fsp3) is 0.222. The lowest BCUT2D eigenvalue weighted by atomic mass is 10.2. The second-order valence-electron chi connectivity index (χ2n) is 5.73. The fourth-order valence-electron chi connectivity index (χ4n) is 2.28. The number of nitrogens with zero attached hydrogens (tertiary/aromatic N) is 3. The molecule has 0 saturated carbocycles. The second-order valence-corrected chi connectivity index (χ2v) is 6.59. The molecule has 3 aromatic rings. The molecule has 1 aromatic carbocycles. The Morgan fingerprint density at radius 1 is 1.21 bits per heavy atom. The van der Waals surface area contributed by atoms with Crippen molar-refractivity contribution in [1.29, 1.82) is 0 Å². The molecule has 0 bridgehead atoms. The summed E-state index contributed by atoms with van der Waals surface area (Å²) in [5.41, 5.74) is 2.18. The van der Waals surface area contributed by atoms with Crippen LogP contribution in [0.25, 0.3) is 10.6 Å². The summed E-state index contributed by atoms with van der Waals surface area (Å²) in [6.07, 6.45) is 2.93. The molecule has 2 amide bonds. The molecule has 0 radical (unpaired) electrons. The average Bonchev–Trinajstić information content (AvgIpc) is 3.31. The summed E-state index contributed by atoms with van der Waals surface area (Å²) >= 11 is 1.37. The highest BCUT2D eigenvalue weighted by Crippen LogP contribution is 2.24. The number of aromatic nitrogens is 3. The predicted octanol–water partition coefficient (Wildman–Crippen LogP) is 2.99. The van der Waals surface area contributed by atoms with Crippen molar-refractivity contribution in [3.63, 3.8) is 0 Å². The van der Waals surface area contributed by atoms with Crippen LogP contribution in [0.15, 0.2) is 42.0 Å². The van der Waals surface area contributed by atoms with Crippen LogP contribution in [-0.2, 0) is 16.5 Å².